The van der Waals surface area contributed by atoms with Crippen LogP contribution in [-0.4, -0.2) is 10.9 Å². The van der Waals surface area contributed by atoms with Crippen molar-refractivity contribution in [2.45, 2.75) is 58.3 Å². The van der Waals surface area contributed by atoms with E-state index in [1.54, 1.807) is 10.3 Å². The standard InChI is InChI=1S/C17H24N2O2S2/c1-2-3-4-5-6-7-8-9-10-11-14(20)19-15-16-13(12-22-23-16)18-17(15)21/h7-8,12H,2-6,9-11H2,1H3,(H,18,21)(H,19,20)/b8-7-. The summed E-state index contributed by atoms with van der Waals surface area (Å²) in [5.74, 6) is -0.0854. The van der Waals surface area contributed by atoms with Gasteiger partial charge in [-0.25, -0.2) is 0 Å². The molecule has 0 saturated carbocycles. The second-order valence-corrected chi connectivity index (χ2v) is 7.71. The van der Waals surface area contributed by atoms with Crippen LogP contribution >= 0.6 is 20.7 Å². The normalized spacial score (nSPS) is 11.5. The molecule has 0 fully saturated rings. The van der Waals surface area contributed by atoms with Crippen molar-refractivity contribution in [2.75, 3.05) is 5.32 Å². The highest BCUT2D eigenvalue weighted by Crippen LogP contribution is 2.35. The molecule has 0 aromatic rings. The minimum absolute atomic E-state index is 0.0854. The monoisotopic (exact) mass is 352 g/mol. The van der Waals surface area contributed by atoms with Crippen molar-refractivity contribution in [1.29, 1.82) is 0 Å². The number of anilines is 1. The van der Waals surface area contributed by atoms with Crippen molar-refractivity contribution in [3.05, 3.63) is 27.9 Å². The molecular weight excluding hydrogens is 328 g/mol. The Bertz CT molecular complexity index is 654. The van der Waals surface area contributed by atoms with Crippen LogP contribution in [0, 0.1) is 0 Å². The summed E-state index contributed by atoms with van der Waals surface area (Å²) >= 11 is 0. The number of hydrogen-bond acceptors (Lipinski definition) is 4. The number of nitrogens with one attached hydrogen (secondary N) is 2. The Balaban J connectivity index is 1.64. The van der Waals surface area contributed by atoms with Gasteiger partial charge >= 0.3 is 0 Å². The highest BCUT2D eigenvalue weighted by molar-refractivity contribution is 7.70. The number of hydrogen-bond donors (Lipinski definition) is 2. The fraction of sp³-hybridized carbons (Fsp3) is 0.529. The van der Waals surface area contributed by atoms with E-state index >= 15 is 0 Å². The average molecular weight is 353 g/mol. The fourth-order valence-electron chi connectivity index (χ4n) is 2.39. The Kier molecular flexibility index (Phi) is 7.55. The molecule has 2 aliphatic heterocycles. The topological polar surface area (TPSA) is 62.0 Å². The number of H-pyrrole nitrogens is 1. The number of rotatable bonds is 10. The molecule has 1 amide bonds. The van der Waals surface area contributed by atoms with Crippen LogP contribution in [0.4, 0.5) is 5.69 Å². The lowest BCUT2D eigenvalue weighted by Crippen LogP contribution is -2.16. The van der Waals surface area contributed by atoms with E-state index < -0.39 is 0 Å². The van der Waals surface area contributed by atoms with Gasteiger partial charge in [-0.1, -0.05) is 59.0 Å². The number of fused-ring (bicyclic) bond motifs is 1. The first kappa shape index (κ1) is 17.9. The van der Waals surface area contributed by atoms with Gasteiger partial charge in [-0.3, -0.25) is 9.59 Å². The molecule has 0 saturated heterocycles. The fourth-order valence-corrected chi connectivity index (χ4v) is 4.55. The quantitative estimate of drug-likeness (QED) is 0.349. The first-order valence-corrected chi connectivity index (χ1v) is 10.5. The molecule has 126 valence electrons. The number of carbonyl (C=O) groups is 1. The van der Waals surface area contributed by atoms with Gasteiger partial charge in [-0.2, -0.15) is 0 Å². The third-order valence-electron chi connectivity index (χ3n) is 3.67. The van der Waals surface area contributed by atoms with Gasteiger partial charge in [-0.15, -0.1) is 0 Å². The summed E-state index contributed by atoms with van der Waals surface area (Å²) in [7, 11) is 3.06. The van der Waals surface area contributed by atoms with E-state index in [1.807, 2.05) is 5.38 Å². The number of carbonyl (C=O) groups excluding carboxylic acids is 1. The van der Waals surface area contributed by atoms with Crippen molar-refractivity contribution in [1.82, 2.24) is 4.98 Å². The second-order valence-electron chi connectivity index (χ2n) is 5.63. The lowest BCUT2D eigenvalue weighted by molar-refractivity contribution is -0.116. The number of allylic oxidation sites excluding steroid dienone is 2. The van der Waals surface area contributed by atoms with Gasteiger partial charge in [0.15, 0.2) is 0 Å². The molecule has 4 nitrogen and oxygen atoms in total. The average Bonchev–Trinajstić information content (AvgIpc) is 3.08. The van der Waals surface area contributed by atoms with Crippen molar-refractivity contribution in [3.8, 4) is 10.6 Å². The Labute approximate surface area is 144 Å². The first-order chi connectivity index (χ1) is 11.2. The maximum atomic E-state index is 12.0. The molecule has 0 aliphatic carbocycles. The first-order valence-electron chi connectivity index (χ1n) is 8.26. The summed E-state index contributed by atoms with van der Waals surface area (Å²) in [4.78, 5) is 27.3. The largest absolute Gasteiger partial charge is 0.320 e. The van der Waals surface area contributed by atoms with Crippen molar-refractivity contribution in [2.24, 2.45) is 0 Å². The maximum Gasteiger partial charge on any atom is 0.273 e. The molecule has 23 heavy (non-hydrogen) atoms. The van der Waals surface area contributed by atoms with Gasteiger partial charge in [0.25, 0.3) is 5.56 Å². The van der Waals surface area contributed by atoms with E-state index in [4.69, 9.17) is 0 Å². The van der Waals surface area contributed by atoms with Crippen LogP contribution in [0.25, 0.3) is 10.6 Å². The minimum atomic E-state index is -0.209. The van der Waals surface area contributed by atoms with E-state index in [9.17, 15) is 9.59 Å². The van der Waals surface area contributed by atoms with Gasteiger partial charge in [0.2, 0.25) is 5.91 Å². The third kappa shape index (κ3) is 5.62. The van der Waals surface area contributed by atoms with Crippen LogP contribution in [0.2, 0.25) is 0 Å². The maximum absolute atomic E-state index is 12.0. The third-order valence-corrected chi connectivity index (χ3v) is 5.77. The lowest BCUT2D eigenvalue weighted by Gasteiger charge is -2.01. The molecule has 0 aromatic carbocycles. The van der Waals surface area contributed by atoms with E-state index in [2.05, 4.69) is 29.4 Å². The summed E-state index contributed by atoms with van der Waals surface area (Å²) in [6.07, 6.45) is 12.8. The van der Waals surface area contributed by atoms with E-state index in [-0.39, 0.29) is 11.5 Å². The van der Waals surface area contributed by atoms with Crippen LogP contribution in [0.5, 0.6) is 0 Å². The lowest BCUT2D eigenvalue weighted by atomic mass is 10.1. The van der Waals surface area contributed by atoms with E-state index in [0.29, 0.717) is 12.1 Å². The zero-order valence-corrected chi connectivity index (χ0v) is 15.2. The van der Waals surface area contributed by atoms with E-state index in [0.717, 1.165) is 29.8 Å². The number of unbranched alkanes of at least 4 members (excludes halogenated alkanes) is 5. The molecular formula is C17H24N2O2S2. The van der Waals surface area contributed by atoms with Gasteiger partial charge < -0.3 is 10.3 Å². The predicted molar refractivity (Wildman–Crippen MR) is 99.8 cm³/mol. The van der Waals surface area contributed by atoms with Crippen LogP contribution < -0.4 is 10.9 Å². The highest BCUT2D eigenvalue weighted by atomic mass is 32.9. The SMILES string of the molecule is CCCCCC/C=C\CCCC(=O)Nc1c2sscc-2[nH]c1=O. The van der Waals surface area contributed by atoms with Gasteiger partial charge in [0.05, 0.1) is 10.6 Å². The Morgan fingerprint density at radius 2 is 2.00 bits per heavy atom. The summed E-state index contributed by atoms with van der Waals surface area (Å²) in [5, 5.41) is 4.65. The summed E-state index contributed by atoms with van der Waals surface area (Å²) in [5.41, 5.74) is 1.01. The van der Waals surface area contributed by atoms with Crippen molar-refractivity contribution >= 4 is 32.3 Å². The van der Waals surface area contributed by atoms with E-state index in [1.165, 1.54) is 36.0 Å². The van der Waals surface area contributed by atoms with Crippen LogP contribution in [0.3, 0.4) is 0 Å². The van der Waals surface area contributed by atoms with Crippen molar-refractivity contribution in [3.63, 3.8) is 0 Å². The number of amides is 1. The van der Waals surface area contributed by atoms with Crippen molar-refractivity contribution < 1.29 is 4.79 Å². The molecule has 2 N–H and O–H groups in total. The molecule has 6 heteroatoms. The summed E-state index contributed by atoms with van der Waals surface area (Å²) < 4.78 is 0. The predicted octanol–water partition coefficient (Wildman–Crippen LogP) is 5.24. The molecule has 2 aliphatic rings. The second kappa shape index (κ2) is 9.67. The molecule has 0 aromatic heterocycles. The summed E-state index contributed by atoms with van der Waals surface area (Å²) in [6, 6.07) is 0. The van der Waals surface area contributed by atoms with Crippen LogP contribution in [0.1, 0.15) is 58.3 Å². The molecule has 2 rings (SSSR count). The Morgan fingerprint density at radius 3 is 2.78 bits per heavy atom. The zero-order valence-electron chi connectivity index (χ0n) is 13.5. The molecule has 0 atom stereocenters. The van der Waals surface area contributed by atoms with Crippen LogP contribution in [0.15, 0.2) is 22.3 Å². The smallest absolute Gasteiger partial charge is 0.273 e. The molecule has 0 unspecified atom stereocenters. The number of aromatic nitrogens is 1. The van der Waals surface area contributed by atoms with Gasteiger partial charge in [0, 0.05) is 11.8 Å². The van der Waals surface area contributed by atoms with Crippen LogP contribution in [-0.2, 0) is 4.79 Å². The van der Waals surface area contributed by atoms with Gasteiger partial charge in [-0.05, 0) is 25.7 Å². The minimum Gasteiger partial charge on any atom is -0.320 e. The zero-order chi connectivity index (χ0) is 16.5. The summed E-state index contributed by atoms with van der Waals surface area (Å²) in [6.45, 7) is 2.22. The Hall–Kier alpha value is -1.40. The Morgan fingerprint density at radius 1 is 1.22 bits per heavy atom. The molecule has 0 bridgehead atoms. The highest BCUT2D eigenvalue weighted by Gasteiger charge is 2.18. The molecule has 0 radical (unpaired) electrons. The molecule has 0 spiro atoms. The molecule has 2 heterocycles. The number of aromatic amines is 1. The van der Waals surface area contributed by atoms with Gasteiger partial charge in [0.1, 0.15) is 5.69 Å².